The molecule has 1 N–H and O–H groups in total. The highest BCUT2D eigenvalue weighted by Gasteiger charge is 2.28. The number of carbonyl (C=O) groups excluding carboxylic acids is 1. The zero-order chi connectivity index (χ0) is 16.1. The second-order valence-corrected chi connectivity index (χ2v) is 6.77. The molecule has 2 aliphatic rings. The van der Waals surface area contributed by atoms with Crippen LogP contribution in [-0.2, 0) is 4.79 Å². The summed E-state index contributed by atoms with van der Waals surface area (Å²) in [6.45, 7) is 3.24. The number of hydrogen-bond donors (Lipinski definition) is 1. The first kappa shape index (κ1) is 16.4. The van der Waals surface area contributed by atoms with Gasteiger partial charge in [0.25, 0.3) is 0 Å². The van der Waals surface area contributed by atoms with Crippen LogP contribution >= 0.6 is 0 Å². The summed E-state index contributed by atoms with van der Waals surface area (Å²) in [6, 6.07) is 4.75. The summed E-state index contributed by atoms with van der Waals surface area (Å²) >= 11 is 0. The highest BCUT2D eigenvalue weighted by atomic mass is 16.2. The molecule has 1 unspecified atom stereocenters. The van der Waals surface area contributed by atoms with Crippen molar-refractivity contribution >= 4 is 5.91 Å². The van der Waals surface area contributed by atoms with Gasteiger partial charge in [0.2, 0.25) is 5.91 Å². The minimum absolute atomic E-state index is 0.237. The largest absolute Gasteiger partial charge is 0.342 e. The number of likely N-dealkylation sites (N-methyl/N-ethyl adjacent to an activating group) is 1. The fourth-order valence-electron chi connectivity index (χ4n) is 3.79. The van der Waals surface area contributed by atoms with Gasteiger partial charge in [-0.1, -0.05) is 25.3 Å². The lowest BCUT2D eigenvalue weighted by molar-refractivity contribution is -0.134. The molecule has 1 atom stereocenters. The van der Waals surface area contributed by atoms with Crippen molar-refractivity contribution in [2.45, 2.75) is 44.2 Å². The Labute approximate surface area is 139 Å². The van der Waals surface area contributed by atoms with Crippen molar-refractivity contribution in [2.24, 2.45) is 0 Å². The van der Waals surface area contributed by atoms with Gasteiger partial charge in [0.15, 0.2) is 0 Å². The number of carbonyl (C=O) groups is 1. The van der Waals surface area contributed by atoms with Crippen LogP contribution in [0.3, 0.4) is 0 Å². The fraction of sp³-hybridized carbons (Fsp3) is 0.667. The van der Waals surface area contributed by atoms with E-state index in [-0.39, 0.29) is 11.9 Å². The van der Waals surface area contributed by atoms with Crippen LogP contribution in [0.25, 0.3) is 0 Å². The van der Waals surface area contributed by atoms with Crippen LogP contribution in [0.4, 0.5) is 0 Å². The van der Waals surface area contributed by atoms with Gasteiger partial charge in [-0.2, -0.15) is 0 Å². The van der Waals surface area contributed by atoms with E-state index < -0.39 is 0 Å². The van der Waals surface area contributed by atoms with Gasteiger partial charge in [-0.05, 0) is 24.5 Å². The number of piperazine rings is 1. The molecule has 0 radical (unpaired) electrons. The van der Waals surface area contributed by atoms with Gasteiger partial charge in [0, 0.05) is 51.2 Å². The molecule has 5 heteroatoms. The van der Waals surface area contributed by atoms with E-state index in [1.54, 1.807) is 6.20 Å². The van der Waals surface area contributed by atoms with Gasteiger partial charge in [0.05, 0.1) is 6.54 Å². The number of nitrogens with one attached hydrogen (secondary N) is 1. The molecule has 0 aromatic carbocycles. The van der Waals surface area contributed by atoms with Crippen molar-refractivity contribution in [2.75, 3.05) is 33.2 Å². The Morgan fingerprint density at radius 1 is 1.39 bits per heavy atom. The first-order valence-corrected chi connectivity index (χ1v) is 8.86. The van der Waals surface area contributed by atoms with Crippen molar-refractivity contribution in [3.63, 3.8) is 0 Å². The van der Waals surface area contributed by atoms with Crippen molar-refractivity contribution in [1.29, 1.82) is 0 Å². The van der Waals surface area contributed by atoms with E-state index in [0.29, 0.717) is 12.6 Å². The number of hydrogen-bond acceptors (Lipinski definition) is 4. The molecule has 2 fully saturated rings. The average Bonchev–Trinajstić information content (AvgIpc) is 2.63. The molecule has 1 saturated carbocycles. The lowest BCUT2D eigenvalue weighted by atomic mass is 9.94. The molecule has 0 bridgehead atoms. The summed E-state index contributed by atoms with van der Waals surface area (Å²) in [6.07, 6.45) is 9.87. The molecule has 1 aromatic heterocycles. The highest BCUT2D eigenvalue weighted by molar-refractivity contribution is 5.78. The Morgan fingerprint density at radius 2 is 2.22 bits per heavy atom. The lowest BCUT2D eigenvalue weighted by Crippen LogP contribution is -2.51. The number of rotatable bonds is 4. The number of aromatic nitrogens is 1. The first-order chi connectivity index (χ1) is 11.3. The maximum atomic E-state index is 12.7. The normalized spacial score (nSPS) is 23.6. The first-order valence-electron chi connectivity index (χ1n) is 8.86. The van der Waals surface area contributed by atoms with Crippen LogP contribution in [0.15, 0.2) is 24.5 Å². The Morgan fingerprint density at radius 3 is 2.96 bits per heavy atom. The van der Waals surface area contributed by atoms with Crippen LogP contribution < -0.4 is 5.32 Å². The molecule has 1 amide bonds. The topological polar surface area (TPSA) is 48.5 Å². The molecule has 126 valence electrons. The molecular formula is C18H28N4O. The van der Waals surface area contributed by atoms with Crippen LogP contribution in [0.1, 0.15) is 43.7 Å². The summed E-state index contributed by atoms with van der Waals surface area (Å²) in [5.41, 5.74) is 1.19. The van der Waals surface area contributed by atoms with Gasteiger partial charge in [-0.15, -0.1) is 0 Å². The summed E-state index contributed by atoms with van der Waals surface area (Å²) in [5.74, 6) is 0.257. The van der Waals surface area contributed by atoms with Gasteiger partial charge < -0.3 is 10.2 Å². The van der Waals surface area contributed by atoms with E-state index in [4.69, 9.17) is 0 Å². The van der Waals surface area contributed by atoms with Gasteiger partial charge >= 0.3 is 0 Å². The Balaban J connectivity index is 1.63. The molecule has 1 aliphatic heterocycles. The third-order valence-electron chi connectivity index (χ3n) is 5.28. The van der Waals surface area contributed by atoms with Gasteiger partial charge in [-0.25, -0.2) is 0 Å². The van der Waals surface area contributed by atoms with Crippen molar-refractivity contribution < 1.29 is 4.79 Å². The highest BCUT2D eigenvalue weighted by Crippen LogP contribution is 2.24. The Hall–Kier alpha value is -1.46. The van der Waals surface area contributed by atoms with Gasteiger partial charge in [0.1, 0.15) is 0 Å². The van der Waals surface area contributed by atoms with E-state index >= 15 is 0 Å². The average molecular weight is 316 g/mol. The minimum atomic E-state index is 0.237. The summed E-state index contributed by atoms with van der Waals surface area (Å²) in [4.78, 5) is 21.3. The minimum Gasteiger partial charge on any atom is -0.342 e. The smallest absolute Gasteiger partial charge is 0.236 e. The molecule has 5 nitrogen and oxygen atoms in total. The van der Waals surface area contributed by atoms with E-state index in [1.807, 2.05) is 24.2 Å². The van der Waals surface area contributed by atoms with E-state index in [9.17, 15) is 4.79 Å². The fourth-order valence-corrected chi connectivity index (χ4v) is 3.79. The van der Waals surface area contributed by atoms with E-state index in [0.717, 1.165) is 32.5 Å². The number of pyridine rings is 1. The monoisotopic (exact) mass is 316 g/mol. The molecule has 0 spiro atoms. The summed E-state index contributed by atoms with van der Waals surface area (Å²) in [5, 5.41) is 3.43. The van der Waals surface area contributed by atoms with E-state index in [2.05, 4.69) is 21.3 Å². The summed E-state index contributed by atoms with van der Waals surface area (Å²) < 4.78 is 0. The van der Waals surface area contributed by atoms with E-state index in [1.165, 1.54) is 24.8 Å². The van der Waals surface area contributed by atoms with Crippen molar-refractivity contribution in [3.8, 4) is 0 Å². The third-order valence-corrected chi connectivity index (χ3v) is 5.28. The molecule has 1 aromatic rings. The molecule has 3 rings (SSSR count). The Bertz CT molecular complexity index is 501. The van der Waals surface area contributed by atoms with Crippen LogP contribution in [-0.4, -0.2) is 60.0 Å². The SMILES string of the molecule is CN(C(=O)CN1CCNCC1c1cccnc1)C1CCCCC1. The molecule has 2 heterocycles. The maximum absolute atomic E-state index is 12.7. The maximum Gasteiger partial charge on any atom is 0.236 e. The quantitative estimate of drug-likeness (QED) is 0.920. The molecule has 23 heavy (non-hydrogen) atoms. The molecule has 1 saturated heterocycles. The van der Waals surface area contributed by atoms with Crippen LogP contribution in [0.5, 0.6) is 0 Å². The number of amides is 1. The number of nitrogens with zero attached hydrogens (tertiary/aromatic N) is 3. The standard InChI is InChI=1S/C18H28N4O/c1-21(16-7-3-2-4-8-16)18(23)14-22-11-10-20-13-17(22)15-6-5-9-19-12-15/h5-6,9,12,16-17,20H,2-4,7-8,10-11,13-14H2,1H3. The molecular weight excluding hydrogens is 288 g/mol. The Kier molecular flexibility index (Phi) is 5.62. The van der Waals surface area contributed by atoms with Crippen molar-refractivity contribution in [1.82, 2.24) is 20.1 Å². The van der Waals surface area contributed by atoms with Crippen molar-refractivity contribution in [3.05, 3.63) is 30.1 Å². The molecule has 1 aliphatic carbocycles. The zero-order valence-electron chi connectivity index (χ0n) is 14.1. The predicted octanol–water partition coefficient (Wildman–Crippen LogP) is 1.82. The van der Waals surface area contributed by atoms with Crippen LogP contribution in [0.2, 0.25) is 0 Å². The lowest BCUT2D eigenvalue weighted by Gasteiger charge is -2.38. The predicted molar refractivity (Wildman–Crippen MR) is 91.1 cm³/mol. The second-order valence-electron chi connectivity index (χ2n) is 6.77. The second kappa shape index (κ2) is 7.88. The third kappa shape index (κ3) is 4.09. The van der Waals surface area contributed by atoms with Gasteiger partial charge in [-0.3, -0.25) is 14.7 Å². The zero-order valence-corrected chi connectivity index (χ0v) is 14.1. The summed E-state index contributed by atoms with van der Waals surface area (Å²) in [7, 11) is 1.99. The van der Waals surface area contributed by atoms with Crippen LogP contribution in [0, 0.1) is 0 Å².